The van der Waals surface area contributed by atoms with Gasteiger partial charge >= 0.3 is 0 Å². The second-order valence-corrected chi connectivity index (χ2v) is 5.01. The Morgan fingerprint density at radius 2 is 2.17 bits per heavy atom. The van der Waals surface area contributed by atoms with Crippen LogP contribution in [0.25, 0.3) is 0 Å². The molecule has 1 unspecified atom stereocenters. The molecule has 0 amide bonds. The van der Waals surface area contributed by atoms with E-state index in [1.807, 2.05) is 6.26 Å². The standard InChI is InChI=1S/C15H27NO2/c1-4-6-13(3)10-17-12-15-8-14(11-18-15)9-16-7-5-2/h8,11,13,16H,4-7,9-10,12H2,1-3H3. The van der Waals surface area contributed by atoms with Crippen molar-refractivity contribution in [3.8, 4) is 0 Å². The molecule has 3 nitrogen and oxygen atoms in total. The summed E-state index contributed by atoms with van der Waals surface area (Å²) in [6.45, 7) is 9.93. The van der Waals surface area contributed by atoms with Gasteiger partial charge in [0.2, 0.25) is 0 Å². The molecule has 1 atom stereocenters. The van der Waals surface area contributed by atoms with E-state index in [4.69, 9.17) is 9.15 Å². The topological polar surface area (TPSA) is 34.4 Å². The highest BCUT2D eigenvalue weighted by Crippen LogP contribution is 2.11. The first-order valence-corrected chi connectivity index (χ1v) is 7.11. The quantitative estimate of drug-likeness (QED) is 0.645. The van der Waals surface area contributed by atoms with Crippen LogP contribution >= 0.6 is 0 Å². The minimum atomic E-state index is 0.585. The van der Waals surface area contributed by atoms with Crippen molar-refractivity contribution < 1.29 is 9.15 Å². The predicted octanol–water partition coefficient (Wildman–Crippen LogP) is 3.73. The van der Waals surface area contributed by atoms with Gasteiger partial charge in [-0.15, -0.1) is 0 Å². The van der Waals surface area contributed by atoms with Crippen molar-refractivity contribution in [1.29, 1.82) is 0 Å². The lowest BCUT2D eigenvalue weighted by molar-refractivity contribution is 0.0776. The highest BCUT2D eigenvalue weighted by Gasteiger charge is 2.04. The molecule has 0 bridgehead atoms. The van der Waals surface area contributed by atoms with E-state index in [9.17, 15) is 0 Å². The minimum absolute atomic E-state index is 0.585. The van der Waals surface area contributed by atoms with Crippen LogP contribution in [0, 0.1) is 5.92 Å². The first-order chi connectivity index (χ1) is 8.76. The maximum Gasteiger partial charge on any atom is 0.129 e. The second-order valence-electron chi connectivity index (χ2n) is 5.01. The van der Waals surface area contributed by atoms with Gasteiger partial charge in [0, 0.05) is 18.7 Å². The zero-order valence-electron chi connectivity index (χ0n) is 12.0. The van der Waals surface area contributed by atoms with E-state index in [0.29, 0.717) is 12.5 Å². The van der Waals surface area contributed by atoms with E-state index in [1.54, 1.807) is 0 Å². The summed E-state index contributed by atoms with van der Waals surface area (Å²) < 4.78 is 11.1. The molecule has 0 fully saturated rings. The third kappa shape index (κ3) is 6.22. The molecule has 3 heteroatoms. The minimum Gasteiger partial charge on any atom is -0.467 e. The van der Waals surface area contributed by atoms with Gasteiger partial charge in [0.25, 0.3) is 0 Å². The second kappa shape index (κ2) is 9.17. The molecule has 0 aromatic carbocycles. The number of hydrogen-bond acceptors (Lipinski definition) is 3. The van der Waals surface area contributed by atoms with E-state index in [2.05, 4.69) is 32.2 Å². The molecule has 0 aliphatic carbocycles. The molecule has 18 heavy (non-hydrogen) atoms. The van der Waals surface area contributed by atoms with Gasteiger partial charge < -0.3 is 14.5 Å². The van der Waals surface area contributed by atoms with Gasteiger partial charge in [-0.3, -0.25) is 0 Å². The monoisotopic (exact) mass is 253 g/mol. The van der Waals surface area contributed by atoms with E-state index >= 15 is 0 Å². The van der Waals surface area contributed by atoms with Crippen LogP contribution in [0.5, 0.6) is 0 Å². The Balaban J connectivity index is 2.18. The lowest BCUT2D eigenvalue weighted by Gasteiger charge is -2.09. The molecule has 104 valence electrons. The molecule has 0 aliphatic rings. The molecule has 1 rings (SSSR count). The fourth-order valence-electron chi connectivity index (χ4n) is 1.94. The zero-order valence-corrected chi connectivity index (χ0v) is 12.0. The fraction of sp³-hybridized carbons (Fsp3) is 0.733. The Hall–Kier alpha value is -0.800. The number of hydrogen-bond donors (Lipinski definition) is 1. The maximum atomic E-state index is 5.66. The van der Waals surface area contributed by atoms with Crippen molar-refractivity contribution in [2.24, 2.45) is 5.92 Å². The normalized spacial score (nSPS) is 12.8. The summed E-state index contributed by atoms with van der Waals surface area (Å²) >= 11 is 0. The van der Waals surface area contributed by atoms with Crippen molar-refractivity contribution in [1.82, 2.24) is 5.32 Å². The van der Waals surface area contributed by atoms with Gasteiger partial charge in [0.05, 0.1) is 6.26 Å². The number of furan rings is 1. The summed E-state index contributed by atoms with van der Waals surface area (Å²) in [4.78, 5) is 0. The van der Waals surface area contributed by atoms with Crippen LogP contribution in [-0.4, -0.2) is 13.2 Å². The SMILES string of the molecule is CCCNCc1coc(COCC(C)CCC)c1. The molecular formula is C15H27NO2. The van der Waals surface area contributed by atoms with E-state index in [1.165, 1.54) is 18.4 Å². The zero-order chi connectivity index (χ0) is 13.2. The summed E-state index contributed by atoms with van der Waals surface area (Å²) in [5.74, 6) is 1.56. The Morgan fingerprint density at radius 1 is 1.33 bits per heavy atom. The molecule has 1 aromatic rings. The third-order valence-corrected chi connectivity index (χ3v) is 2.89. The average Bonchev–Trinajstić information content (AvgIpc) is 2.78. The van der Waals surface area contributed by atoms with E-state index in [-0.39, 0.29) is 0 Å². The summed E-state index contributed by atoms with van der Waals surface area (Å²) in [7, 11) is 0. The largest absolute Gasteiger partial charge is 0.467 e. The Bertz CT molecular complexity index is 309. The molecule has 0 saturated carbocycles. The van der Waals surface area contributed by atoms with Crippen molar-refractivity contribution in [3.05, 3.63) is 23.7 Å². The third-order valence-electron chi connectivity index (χ3n) is 2.89. The fourth-order valence-corrected chi connectivity index (χ4v) is 1.94. The molecule has 0 spiro atoms. The Morgan fingerprint density at radius 3 is 2.89 bits per heavy atom. The van der Waals surface area contributed by atoms with Crippen LogP contribution in [0.15, 0.2) is 16.7 Å². The lowest BCUT2D eigenvalue weighted by Crippen LogP contribution is -2.13. The van der Waals surface area contributed by atoms with Crippen LogP contribution in [-0.2, 0) is 17.9 Å². The molecule has 1 heterocycles. The van der Waals surface area contributed by atoms with Gasteiger partial charge in [-0.2, -0.15) is 0 Å². The molecule has 0 saturated heterocycles. The molecule has 0 aliphatic heterocycles. The van der Waals surface area contributed by atoms with Crippen LogP contribution in [0.2, 0.25) is 0 Å². The van der Waals surface area contributed by atoms with Crippen LogP contribution in [0.3, 0.4) is 0 Å². The predicted molar refractivity (Wildman–Crippen MR) is 74.4 cm³/mol. The van der Waals surface area contributed by atoms with Crippen molar-refractivity contribution in [2.75, 3.05) is 13.2 Å². The van der Waals surface area contributed by atoms with Gasteiger partial charge in [0.15, 0.2) is 0 Å². The maximum absolute atomic E-state index is 5.66. The van der Waals surface area contributed by atoms with Crippen molar-refractivity contribution in [3.63, 3.8) is 0 Å². The van der Waals surface area contributed by atoms with E-state index in [0.717, 1.165) is 31.9 Å². The van der Waals surface area contributed by atoms with Gasteiger partial charge in [-0.1, -0.05) is 27.2 Å². The van der Waals surface area contributed by atoms with Gasteiger partial charge in [-0.05, 0) is 31.4 Å². The van der Waals surface area contributed by atoms with E-state index < -0.39 is 0 Å². The van der Waals surface area contributed by atoms with Crippen LogP contribution < -0.4 is 5.32 Å². The van der Waals surface area contributed by atoms with Gasteiger partial charge in [-0.25, -0.2) is 0 Å². The van der Waals surface area contributed by atoms with Crippen LogP contribution in [0.1, 0.15) is 51.4 Å². The molecule has 0 radical (unpaired) electrons. The average molecular weight is 253 g/mol. The van der Waals surface area contributed by atoms with Crippen molar-refractivity contribution in [2.45, 2.75) is 53.2 Å². The van der Waals surface area contributed by atoms with Crippen LogP contribution in [0.4, 0.5) is 0 Å². The van der Waals surface area contributed by atoms with Crippen molar-refractivity contribution >= 4 is 0 Å². The highest BCUT2D eigenvalue weighted by molar-refractivity contribution is 5.11. The first kappa shape index (κ1) is 15.3. The summed E-state index contributed by atoms with van der Waals surface area (Å²) in [5, 5.41) is 3.35. The highest BCUT2D eigenvalue weighted by atomic mass is 16.5. The Labute approximate surface area is 111 Å². The summed E-state index contributed by atoms with van der Waals surface area (Å²) in [6.07, 6.45) is 5.42. The first-order valence-electron chi connectivity index (χ1n) is 7.11. The molecule has 1 N–H and O–H groups in total. The van der Waals surface area contributed by atoms with Gasteiger partial charge in [0.1, 0.15) is 12.4 Å². The smallest absolute Gasteiger partial charge is 0.129 e. The summed E-state index contributed by atoms with van der Waals surface area (Å²) in [6, 6.07) is 2.08. The number of ether oxygens (including phenoxy) is 1. The summed E-state index contributed by atoms with van der Waals surface area (Å²) in [5.41, 5.74) is 1.20. The number of nitrogens with one attached hydrogen (secondary N) is 1. The number of rotatable bonds is 10. The molecule has 1 aromatic heterocycles. The lowest BCUT2D eigenvalue weighted by atomic mass is 10.1. The molecular weight excluding hydrogens is 226 g/mol. The Kier molecular flexibility index (Phi) is 7.78.